The number of nitrogens with one attached hydrogen (secondary N) is 1. The van der Waals surface area contributed by atoms with Gasteiger partial charge in [-0.05, 0) is 53.8 Å². The van der Waals surface area contributed by atoms with Crippen LogP contribution >= 0.6 is 11.3 Å². The third-order valence-electron chi connectivity index (χ3n) is 3.96. The van der Waals surface area contributed by atoms with Gasteiger partial charge in [-0.25, -0.2) is 21.2 Å². The molecule has 1 N–H and O–H groups in total. The van der Waals surface area contributed by atoms with E-state index in [1.54, 1.807) is 0 Å². The van der Waals surface area contributed by atoms with E-state index in [4.69, 9.17) is 0 Å². The fourth-order valence-corrected chi connectivity index (χ4v) is 6.41. The fraction of sp³-hybridized carbons (Fsp3) is 0.118. The smallest absolute Gasteiger partial charge is 0.271 e. The topological polar surface area (TPSA) is 120 Å². The minimum Gasteiger partial charge on any atom is -0.545 e. The third kappa shape index (κ3) is 3.73. The molecule has 0 fully saturated rings. The average molecular weight is 442 g/mol. The standard InChI is InChI=1S/C17H14FNO6S3/c1-9-12-8-11(18)4-6-14(12)26-17(9)28(24,25)19-13-5-3-10(16(20)21)7-15(13)27(2,22)23/h3-8,19H,1-2H3,(H,20,21)/p-1. The summed E-state index contributed by atoms with van der Waals surface area (Å²) in [5.41, 5.74) is -0.383. The van der Waals surface area contributed by atoms with Crippen molar-refractivity contribution < 1.29 is 31.1 Å². The van der Waals surface area contributed by atoms with Gasteiger partial charge in [0, 0.05) is 11.0 Å². The number of aromatic carboxylic acids is 1. The normalized spacial score (nSPS) is 12.2. The summed E-state index contributed by atoms with van der Waals surface area (Å²) in [6, 6.07) is 6.79. The molecule has 0 aliphatic rings. The number of carbonyl (C=O) groups excluding carboxylic acids is 1. The minimum absolute atomic E-state index is 0.100. The van der Waals surface area contributed by atoms with E-state index < -0.39 is 42.1 Å². The van der Waals surface area contributed by atoms with Crippen molar-refractivity contribution in [2.45, 2.75) is 16.0 Å². The van der Waals surface area contributed by atoms with Gasteiger partial charge in [0.05, 0.1) is 16.6 Å². The molecule has 0 aliphatic carbocycles. The Balaban J connectivity index is 2.13. The molecule has 0 saturated heterocycles. The highest BCUT2D eigenvalue weighted by Gasteiger charge is 2.25. The number of anilines is 1. The Hall–Kier alpha value is -2.50. The summed E-state index contributed by atoms with van der Waals surface area (Å²) in [5, 5.41) is 11.4. The van der Waals surface area contributed by atoms with Crippen molar-refractivity contribution in [1.82, 2.24) is 0 Å². The third-order valence-corrected chi connectivity index (χ3v) is 8.36. The van der Waals surface area contributed by atoms with Gasteiger partial charge in [0.1, 0.15) is 10.0 Å². The summed E-state index contributed by atoms with van der Waals surface area (Å²) >= 11 is 0.909. The van der Waals surface area contributed by atoms with Crippen LogP contribution in [-0.2, 0) is 19.9 Å². The number of hydrogen-bond acceptors (Lipinski definition) is 7. The van der Waals surface area contributed by atoms with Gasteiger partial charge < -0.3 is 9.90 Å². The molecule has 2 aromatic carbocycles. The van der Waals surface area contributed by atoms with Crippen LogP contribution in [0.2, 0.25) is 0 Å². The van der Waals surface area contributed by atoms with Crippen molar-refractivity contribution in [3.8, 4) is 0 Å². The van der Waals surface area contributed by atoms with Gasteiger partial charge in [0.15, 0.2) is 9.84 Å². The Morgan fingerprint density at radius 3 is 2.39 bits per heavy atom. The second-order valence-corrected chi connectivity index (χ2v) is 10.9. The molecule has 0 amide bonds. The van der Waals surface area contributed by atoms with E-state index in [1.165, 1.54) is 25.1 Å². The number of aryl methyl sites for hydroxylation is 1. The summed E-state index contributed by atoms with van der Waals surface area (Å²) in [6.45, 7) is 1.52. The molecule has 0 aliphatic heterocycles. The molecular formula is C17H13FNO6S3-. The lowest BCUT2D eigenvalue weighted by atomic mass is 10.2. The quantitative estimate of drug-likeness (QED) is 0.644. The van der Waals surface area contributed by atoms with Crippen LogP contribution in [0.1, 0.15) is 15.9 Å². The highest BCUT2D eigenvalue weighted by molar-refractivity contribution is 7.95. The van der Waals surface area contributed by atoms with E-state index in [-0.39, 0.29) is 9.90 Å². The van der Waals surface area contributed by atoms with Crippen molar-refractivity contribution in [1.29, 1.82) is 0 Å². The van der Waals surface area contributed by atoms with Crippen LogP contribution in [0, 0.1) is 12.7 Å². The van der Waals surface area contributed by atoms with Crippen molar-refractivity contribution in [3.63, 3.8) is 0 Å². The fourth-order valence-electron chi connectivity index (χ4n) is 2.66. The van der Waals surface area contributed by atoms with E-state index in [9.17, 15) is 31.1 Å². The van der Waals surface area contributed by atoms with Gasteiger partial charge in [-0.15, -0.1) is 11.3 Å². The first-order valence-corrected chi connectivity index (χ1v) is 11.9. The zero-order chi connectivity index (χ0) is 20.9. The molecule has 1 heterocycles. The Kier molecular flexibility index (Phi) is 4.94. The number of sulfonamides is 1. The number of rotatable bonds is 5. The Morgan fingerprint density at radius 1 is 1.11 bits per heavy atom. The monoisotopic (exact) mass is 442 g/mol. The molecule has 28 heavy (non-hydrogen) atoms. The molecule has 0 spiro atoms. The maximum absolute atomic E-state index is 13.5. The molecule has 3 rings (SSSR count). The molecule has 0 unspecified atom stereocenters. The number of halogens is 1. The molecule has 0 bridgehead atoms. The predicted molar refractivity (Wildman–Crippen MR) is 101 cm³/mol. The summed E-state index contributed by atoms with van der Waals surface area (Å²) in [5.74, 6) is -2.11. The van der Waals surface area contributed by atoms with Crippen LogP contribution in [0.4, 0.5) is 10.1 Å². The predicted octanol–water partition coefficient (Wildman–Crippen LogP) is 1.92. The summed E-state index contributed by atoms with van der Waals surface area (Å²) in [4.78, 5) is 10.5. The lowest BCUT2D eigenvalue weighted by molar-refractivity contribution is -0.255. The van der Waals surface area contributed by atoms with Gasteiger partial charge in [-0.3, -0.25) is 4.72 Å². The maximum Gasteiger partial charge on any atom is 0.271 e. The molecule has 0 atom stereocenters. The van der Waals surface area contributed by atoms with Crippen LogP contribution in [0.25, 0.3) is 10.1 Å². The van der Waals surface area contributed by atoms with E-state index in [0.29, 0.717) is 15.6 Å². The molecule has 7 nitrogen and oxygen atoms in total. The van der Waals surface area contributed by atoms with Crippen molar-refractivity contribution in [2.24, 2.45) is 0 Å². The van der Waals surface area contributed by atoms with Gasteiger partial charge in [-0.2, -0.15) is 0 Å². The zero-order valence-corrected chi connectivity index (χ0v) is 17.0. The first-order chi connectivity index (χ1) is 12.9. The zero-order valence-electron chi connectivity index (χ0n) is 14.5. The lowest BCUT2D eigenvalue weighted by Crippen LogP contribution is -2.23. The summed E-state index contributed by atoms with van der Waals surface area (Å²) in [7, 11) is -8.16. The second kappa shape index (κ2) is 6.83. The average Bonchev–Trinajstić information content (AvgIpc) is 2.91. The number of carboxylic acid groups (broad SMARTS) is 1. The van der Waals surface area contributed by atoms with E-state index in [0.717, 1.165) is 35.8 Å². The van der Waals surface area contributed by atoms with Crippen molar-refractivity contribution in [2.75, 3.05) is 11.0 Å². The lowest BCUT2D eigenvalue weighted by Gasteiger charge is -2.13. The first kappa shape index (κ1) is 20.2. The van der Waals surface area contributed by atoms with E-state index >= 15 is 0 Å². The highest BCUT2D eigenvalue weighted by Crippen LogP contribution is 2.36. The molecule has 3 aromatic rings. The maximum atomic E-state index is 13.5. The first-order valence-electron chi connectivity index (χ1n) is 7.67. The molecule has 0 radical (unpaired) electrons. The van der Waals surface area contributed by atoms with Crippen LogP contribution in [0.15, 0.2) is 45.5 Å². The summed E-state index contributed by atoms with van der Waals surface area (Å²) in [6.07, 6.45) is 0.826. The van der Waals surface area contributed by atoms with E-state index in [1.807, 2.05) is 0 Å². The number of fused-ring (bicyclic) bond motifs is 1. The Morgan fingerprint density at radius 2 is 1.79 bits per heavy atom. The number of sulfone groups is 1. The largest absolute Gasteiger partial charge is 0.545 e. The number of thiophene rings is 1. The number of carboxylic acids is 1. The van der Waals surface area contributed by atoms with Crippen LogP contribution < -0.4 is 9.83 Å². The highest BCUT2D eigenvalue weighted by atomic mass is 32.2. The Labute approximate surface area is 164 Å². The van der Waals surface area contributed by atoms with Crippen LogP contribution in [0.3, 0.4) is 0 Å². The molecule has 11 heteroatoms. The molecule has 1 aromatic heterocycles. The Bertz CT molecular complexity index is 1330. The SMILES string of the molecule is Cc1c(S(=O)(=O)Nc2ccc(C(=O)[O-])cc2S(C)(=O)=O)sc2ccc(F)cc12. The number of benzene rings is 2. The minimum atomic E-state index is -4.22. The second-order valence-electron chi connectivity index (χ2n) is 6.03. The number of carbonyl (C=O) groups is 1. The van der Waals surface area contributed by atoms with Crippen LogP contribution in [0.5, 0.6) is 0 Å². The molecule has 0 saturated carbocycles. The van der Waals surface area contributed by atoms with E-state index in [2.05, 4.69) is 4.72 Å². The van der Waals surface area contributed by atoms with Crippen molar-refractivity contribution in [3.05, 3.63) is 53.3 Å². The van der Waals surface area contributed by atoms with Crippen molar-refractivity contribution >= 4 is 52.9 Å². The van der Waals surface area contributed by atoms with Gasteiger partial charge in [0.2, 0.25) is 0 Å². The van der Waals surface area contributed by atoms with Crippen LogP contribution in [-0.4, -0.2) is 29.1 Å². The van der Waals surface area contributed by atoms with Gasteiger partial charge >= 0.3 is 0 Å². The summed E-state index contributed by atoms with van der Waals surface area (Å²) < 4.78 is 65.8. The molecule has 148 valence electrons. The van der Waals surface area contributed by atoms with Gasteiger partial charge in [0.25, 0.3) is 10.0 Å². The van der Waals surface area contributed by atoms with Gasteiger partial charge in [-0.1, -0.05) is 6.07 Å². The number of hydrogen-bond donors (Lipinski definition) is 1. The molecular weight excluding hydrogens is 429 g/mol.